The van der Waals surface area contributed by atoms with Gasteiger partial charge in [0.2, 0.25) is 0 Å². The standard InChI is InChI=1S/C38H77N/c1-3-5-7-9-11-13-15-17-19-21-23-25-27-29-31-33-38-34-36-39(37-38)35-32-30-28-26-24-22-20-18-16-14-12-10-8-6-4-2/h38H,3-37H2,1-2H3. The maximum Gasteiger partial charge on any atom is 0.00101 e. The van der Waals surface area contributed by atoms with Crippen LogP contribution >= 0.6 is 0 Å². The molecule has 0 aromatic rings. The number of unbranched alkanes of at least 4 members (excludes halogenated alkanes) is 28. The third kappa shape index (κ3) is 26.6. The Morgan fingerprint density at radius 2 is 0.692 bits per heavy atom. The van der Waals surface area contributed by atoms with Crippen LogP contribution in [0.2, 0.25) is 0 Å². The van der Waals surface area contributed by atoms with Gasteiger partial charge in [0.1, 0.15) is 0 Å². The molecule has 1 unspecified atom stereocenters. The molecule has 0 spiro atoms. The van der Waals surface area contributed by atoms with Crippen LogP contribution in [-0.4, -0.2) is 24.5 Å². The van der Waals surface area contributed by atoms with E-state index in [1.165, 1.54) is 225 Å². The van der Waals surface area contributed by atoms with Gasteiger partial charge in [-0.15, -0.1) is 0 Å². The van der Waals surface area contributed by atoms with Gasteiger partial charge in [-0.25, -0.2) is 0 Å². The second kappa shape index (κ2) is 30.9. The van der Waals surface area contributed by atoms with Crippen LogP contribution in [0.4, 0.5) is 0 Å². The van der Waals surface area contributed by atoms with Gasteiger partial charge in [0.05, 0.1) is 0 Å². The molecule has 0 aromatic heterocycles. The summed E-state index contributed by atoms with van der Waals surface area (Å²) in [5, 5.41) is 0. The van der Waals surface area contributed by atoms with Crippen LogP contribution in [0.25, 0.3) is 0 Å². The van der Waals surface area contributed by atoms with E-state index in [0.717, 1.165) is 5.92 Å². The fraction of sp³-hybridized carbons (Fsp3) is 1.00. The molecule has 0 radical (unpaired) electrons. The average molecular weight is 548 g/mol. The molecule has 0 bridgehead atoms. The van der Waals surface area contributed by atoms with Crippen molar-refractivity contribution in [3.8, 4) is 0 Å². The van der Waals surface area contributed by atoms with Crippen molar-refractivity contribution in [2.75, 3.05) is 19.6 Å². The molecule has 1 saturated heterocycles. The average Bonchev–Trinajstić information content (AvgIpc) is 3.40. The Bertz CT molecular complexity index is 406. The van der Waals surface area contributed by atoms with Crippen molar-refractivity contribution in [1.29, 1.82) is 0 Å². The summed E-state index contributed by atoms with van der Waals surface area (Å²) >= 11 is 0. The van der Waals surface area contributed by atoms with E-state index in [1.807, 2.05) is 0 Å². The summed E-state index contributed by atoms with van der Waals surface area (Å²) in [6.45, 7) is 8.81. The van der Waals surface area contributed by atoms with E-state index in [9.17, 15) is 0 Å². The molecule has 1 rings (SSSR count). The summed E-state index contributed by atoms with van der Waals surface area (Å²) in [6, 6.07) is 0. The third-order valence-corrected chi connectivity index (χ3v) is 9.66. The molecule has 0 amide bonds. The summed E-state index contributed by atoms with van der Waals surface area (Å²) in [5.74, 6) is 1.02. The minimum absolute atomic E-state index is 1.02. The summed E-state index contributed by atoms with van der Waals surface area (Å²) in [7, 11) is 0. The van der Waals surface area contributed by atoms with E-state index in [0.29, 0.717) is 0 Å². The zero-order chi connectivity index (χ0) is 27.9. The Labute approximate surface area is 249 Å². The minimum Gasteiger partial charge on any atom is -0.303 e. The Hall–Kier alpha value is -0.0400. The minimum atomic E-state index is 1.02. The number of hydrogen-bond donors (Lipinski definition) is 0. The van der Waals surface area contributed by atoms with E-state index >= 15 is 0 Å². The normalized spacial score (nSPS) is 16.0. The van der Waals surface area contributed by atoms with Gasteiger partial charge in [-0.2, -0.15) is 0 Å². The van der Waals surface area contributed by atoms with Crippen LogP contribution in [0.3, 0.4) is 0 Å². The number of nitrogens with zero attached hydrogens (tertiary/aromatic N) is 1. The number of hydrogen-bond acceptors (Lipinski definition) is 1. The van der Waals surface area contributed by atoms with Gasteiger partial charge in [0.25, 0.3) is 0 Å². The quantitative estimate of drug-likeness (QED) is 0.0757. The molecule has 0 saturated carbocycles. The SMILES string of the molecule is CCCCCCCCCCCCCCCCCC1CCN(CCCCCCCCCCCCCCCCC)C1. The maximum atomic E-state index is 2.79. The van der Waals surface area contributed by atoms with Crippen LogP contribution in [0.15, 0.2) is 0 Å². The maximum absolute atomic E-state index is 2.79. The topological polar surface area (TPSA) is 3.24 Å². The summed E-state index contributed by atoms with van der Waals surface area (Å²) in [6.07, 6.45) is 47.2. The Kier molecular flexibility index (Phi) is 29.3. The van der Waals surface area contributed by atoms with Crippen LogP contribution in [0.1, 0.15) is 219 Å². The van der Waals surface area contributed by atoms with Crippen molar-refractivity contribution >= 4 is 0 Å². The van der Waals surface area contributed by atoms with E-state index in [1.54, 1.807) is 0 Å². The molecule has 1 heterocycles. The summed E-state index contributed by atoms with van der Waals surface area (Å²) < 4.78 is 0. The number of likely N-dealkylation sites (tertiary alicyclic amines) is 1. The zero-order valence-corrected chi connectivity index (χ0v) is 27.8. The lowest BCUT2D eigenvalue weighted by Crippen LogP contribution is -2.21. The first kappa shape index (κ1) is 37.0. The first-order valence-electron chi connectivity index (χ1n) is 19.1. The van der Waals surface area contributed by atoms with Gasteiger partial charge in [-0.05, 0) is 38.3 Å². The van der Waals surface area contributed by atoms with E-state index in [4.69, 9.17) is 0 Å². The molecule has 1 aliphatic heterocycles. The molecule has 1 nitrogen and oxygen atoms in total. The van der Waals surface area contributed by atoms with Gasteiger partial charge in [0, 0.05) is 6.54 Å². The molecule has 234 valence electrons. The van der Waals surface area contributed by atoms with Gasteiger partial charge in [0.15, 0.2) is 0 Å². The van der Waals surface area contributed by atoms with Crippen molar-refractivity contribution in [2.45, 2.75) is 219 Å². The molecule has 1 heteroatoms. The molecular weight excluding hydrogens is 470 g/mol. The highest BCUT2D eigenvalue weighted by atomic mass is 15.1. The van der Waals surface area contributed by atoms with E-state index < -0.39 is 0 Å². The molecule has 0 aliphatic carbocycles. The van der Waals surface area contributed by atoms with Crippen molar-refractivity contribution in [3.63, 3.8) is 0 Å². The molecule has 1 atom stereocenters. The highest BCUT2D eigenvalue weighted by Crippen LogP contribution is 2.23. The largest absolute Gasteiger partial charge is 0.303 e. The van der Waals surface area contributed by atoms with Gasteiger partial charge in [-0.1, -0.05) is 200 Å². The van der Waals surface area contributed by atoms with Crippen LogP contribution in [-0.2, 0) is 0 Å². The molecule has 1 aliphatic rings. The van der Waals surface area contributed by atoms with Crippen molar-refractivity contribution in [2.24, 2.45) is 5.92 Å². The molecule has 0 aromatic carbocycles. The zero-order valence-electron chi connectivity index (χ0n) is 27.8. The molecular formula is C38H77N. The van der Waals surface area contributed by atoms with Crippen LogP contribution in [0, 0.1) is 5.92 Å². The van der Waals surface area contributed by atoms with Crippen molar-refractivity contribution in [3.05, 3.63) is 0 Å². The predicted molar refractivity (Wildman–Crippen MR) is 179 cm³/mol. The monoisotopic (exact) mass is 548 g/mol. The highest BCUT2D eigenvalue weighted by Gasteiger charge is 2.21. The lowest BCUT2D eigenvalue weighted by atomic mass is 9.99. The lowest BCUT2D eigenvalue weighted by Gasteiger charge is -2.16. The second-order valence-corrected chi connectivity index (χ2v) is 13.6. The molecule has 1 fully saturated rings. The Morgan fingerprint density at radius 3 is 1.05 bits per heavy atom. The van der Waals surface area contributed by atoms with E-state index in [-0.39, 0.29) is 0 Å². The van der Waals surface area contributed by atoms with Crippen molar-refractivity contribution in [1.82, 2.24) is 4.90 Å². The second-order valence-electron chi connectivity index (χ2n) is 13.6. The fourth-order valence-corrected chi connectivity index (χ4v) is 6.86. The van der Waals surface area contributed by atoms with Crippen molar-refractivity contribution < 1.29 is 0 Å². The van der Waals surface area contributed by atoms with E-state index in [2.05, 4.69) is 18.7 Å². The highest BCUT2D eigenvalue weighted by molar-refractivity contribution is 4.75. The van der Waals surface area contributed by atoms with Crippen LogP contribution in [0.5, 0.6) is 0 Å². The van der Waals surface area contributed by atoms with Gasteiger partial charge < -0.3 is 4.90 Å². The Morgan fingerprint density at radius 1 is 0.385 bits per heavy atom. The smallest absolute Gasteiger partial charge is 0.00101 e. The molecule has 39 heavy (non-hydrogen) atoms. The fourth-order valence-electron chi connectivity index (χ4n) is 6.86. The molecule has 0 N–H and O–H groups in total. The summed E-state index contributed by atoms with van der Waals surface area (Å²) in [5.41, 5.74) is 0. The number of rotatable bonds is 32. The first-order chi connectivity index (χ1) is 19.4. The first-order valence-corrected chi connectivity index (χ1v) is 19.1. The lowest BCUT2D eigenvalue weighted by molar-refractivity contribution is 0.309. The third-order valence-electron chi connectivity index (χ3n) is 9.66. The van der Waals surface area contributed by atoms with Gasteiger partial charge in [-0.3, -0.25) is 0 Å². The van der Waals surface area contributed by atoms with Crippen LogP contribution < -0.4 is 0 Å². The summed E-state index contributed by atoms with van der Waals surface area (Å²) in [4.78, 5) is 2.79. The Balaban J connectivity index is 1.73. The predicted octanol–water partition coefficient (Wildman–Crippen LogP) is 13.4. The van der Waals surface area contributed by atoms with Gasteiger partial charge >= 0.3 is 0 Å².